The third-order valence-corrected chi connectivity index (χ3v) is 4.53. The highest BCUT2D eigenvalue weighted by molar-refractivity contribution is 6.09. The molecule has 5 aromatic rings. The molecular weight excluding hydrogens is 306 g/mol. The predicted molar refractivity (Wildman–Crippen MR) is 102 cm³/mol. The molecule has 0 aliphatic rings. The quantitative estimate of drug-likeness (QED) is 0.445. The summed E-state index contributed by atoms with van der Waals surface area (Å²) in [5.41, 5.74) is 4.24. The van der Waals surface area contributed by atoms with Crippen LogP contribution in [0.4, 0.5) is 0 Å². The highest BCUT2D eigenvalue weighted by Crippen LogP contribution is 2.31. The summed E-state index contributed by atoms with van der Waals surface area (Å²) >= 11 is 0. The van der Waals surface area contributed by atoms with E-state index in [-0.39, 0.29) is 0 Å². The largest absolute Gasteiger partial charge is 0.292 e. The lowest BCUT2D eigenvalue weighted by Crippen LogP contribution is -1.99. The molecule has 2 heterocycles. The van der Waals surface area contributed by atoms with Crippen molar-refractivity contribution in [1.82, 2.24) is 14.8 Å². The highest BCUT2D eigenvalue weighted by atomic mass is 15.2. The second-order valence-electron chi connectivity index (χ2n) is 6.01. The van der Waals surface area contributed by atoms with Crippen LogP contribution in [-0.4, -0.2) is 14.8 Å². The number of para-hydroxylation sites is 2. The lowest BCUT2D eigenvalue weighted by molar-refractivity contribution is 0.958. The number of hydrogen-bond acceptors (Lipinski definition) is 2. The van der Waals surface area contributed by atoms with Gasteiger partial charge in [0.05, 0.1) is 16.7 Å². The van der Waals surface area contributed by atoms with Crippen LogP contribution in [0.2, 0.25) is 0 Å². The predicted octanol–water partition coefficient (Wildman–Crippen LogP) is 5.24. The van der Waals surface area contributed by atoms with Crippen LogP contribution < -0.4 is 0 Å². The first-order valence-electron chi connectivity index (χ1n) is 8.29. The van der Waals surface area contributed by atoms with Crippen molar-refractivity contribution in [2.75, 3.05) is 0 Å². The Kier molecular flexibility index (Phi) is 3.10. The molecule has 0 saturated carbocycles. The molecule has 0 unspecified atom stereocenters. The normalized spacial score (nSPS) is 11.2. The van der Waals surface area contributed by atoms with Crippen molar-refractivity contribution in [3.63, 3.8) is 0 Å². The summed E-state index contributed by atoms with van der Waals surface area (Å²) in [5, 5.41) is 11.4. The minimum atomic E-state index is 0.831. The molecule has 0 bridgehead atoms. The summed E-state index contributed by atoms with van der Waals surface area (Å²) in [6.45, 7) is 0. The van der Waals surface area contributed by atoms with Gasteiger partial charge in [0.25, 0.3) is 0 Å². The zero-order chi connectivity index (χ0) is 16.6. The van der Waals surface area contributed by atoms with E-state index in [4.69, 9.17) is 0 Å². The van der Waals surface area contributed by atoms with Gasteiger partial charge in [-0.2, -0.15) is 0 Å². The Hall–Kier alpha value is -3.46. The zero-order valence-electron chi connectivity index (χ0n) is 13.5. The number of fused-ring (bicyclic) bond motifs is 3. The Morgan fingerprint density at radius 1 is 0.520 bits per heavy atom. The number of nitrogens with zero attached hydrogens (tertiary/aromatic N) is 3. The molecule has 3 aromatic carbocycles. The molecule has 0 spiro atoms. The molecule has 118 valence electrons. The van der Waals surface area contributed by atoms with E-state index in [1.807, 2.05) is 42.5 Å². The van der Waals surface area contributed by atoms with Crippen LogP contribution in [0.25, 0.3) is 38.9 Å². The van der Waals surface area contributed by atoms with Crippen molar-refractivity contribution in [2.45, 2.75) is 0 Å². The molecule has 0 aliphatic heterocycles. The van der Waals surface area contributed by atoms with Gasteiger partial charge in [0.2, 0.25) is 0 Å². The van der Waals surface area contributed by atoms with Crippen LogP contribution in [0.15, 0.2) is 91.0 Å². The van der Waals surface area contributed by atoms with E-state index >= 15 is 0 Å². The molecule has 0 saturated heterocycles. The fourth-order valence-electron chi connectivity index (χ4n) is 3.38. The molecular formula is C22H15N3. The Morgan fingerprint density at radius 2 is 1.12 bits per heavy atom. The summed E-state index contributed by atoms with van der Waals surface area (Å²) in [6.07, 6.45) is 0. The number of benzene rings is 3. The summed E-state index contributed by atoms with van der Waals surface area (Å²) in [7, 11) is 0. The van der Waals surface area contributed by atoms with Crippen molar-refractivity contribution in [2.24, 2.45) is 0 Å². The first kappa shape index (κ1) is 13.9. The van der Waals surface area contributed by atoms with Gasteiger partial charge in [0.1, 0.15) is 0 Å². The third kappa shape index (κ3) is 2.21. The number of rotatable bonds is 2. The van der Waals surface area contributed by atoms with Crippen molar-refractivity contribution < 1.29 is 0 Å². The van der Waals surface area contributed by atoms with Gasteiger partial charge in [-0.3, -0.25) is 4.57 Å². The lowest BCUT2D eigenvalue weighted by Gasteiger charge is -2.07. The standard InChI is InChI=1S/C22H15N3/c1-2-8-16(9-3-1)19-14-15-22(24-23-19)25-20-12-6-4-10-17(20)18-11-5-7-13-21(18)25/h1-15H. The van der Waals surface area contributed by atoms with Crippen LogP contribution in [0.1, 0.15) is 0 Å². The van der Waals surface area contributed by atoms with Gasteiger partial charge < -0.3 is 0 Å². The van der Waals surface area contributed by atoms with Gasteiger partial charge in [-0.25, -0.2) is 0 Å². The molecule has 25 heavy (non-hydrogen) atoms. The molecule has 0 amide bonds. The number of hydrogen-bond donors (Lipinski definition) is 0. The number of aromatic nitrogens is 3. The van der Waals surface area contributed by atoms with Crippen LogP contribution in [0.3, 0.4) is 0 Å². The van der Waals surface area contributed by atoms with E-state index in [1.54, 1.807) is 0 Å². The third-order valence-electron chi connectivity index (χ3n) is 4.53. The molecule has 0 fully saturated rings. The first-order chi connectivity index (χ1) is 12.4. The Labute approximate surface area is 145 Å². The van der Waals surface area contributed by atoms with Crippen LogP contribution in [0, 0.1) is 0 Å². The smallest absolute Gasteiger partial charge is 0.160 e. The maximum atomic E-state index is 4.51. The average molecular weight is 321 g/mol. The molecule has 0 radical (unpaired) electrons. The minimum absolute atomic E-state index is 0.831. The van der Waals surface area contributed by atoms with Crippen LogP contribution >= 0.6 is 0 Å². The summed E-state index contributed by atoms with van der Waals surface area (Å²) in [4.78, 5) is 0. The zero-order valence-corrected chi connectivity index (χ0v) is 13.5. The van der Waals surface area contributed by atoms with Crippen molar-refractivity contribution in [1.29, 1.82) is 0 Å². The van der Waals surface area contributed by atoms with E-state index in [0.717, 1.165) is 28.1 Å². The van der Waals surface area contributed by atoms with E-state index in [1.165, 1.54) is 10.8 Å². The average Bonchev–Trinajstić information content (AvgIpc) is 3.03. The van der Waals surface area contributed by atoms with E-state index in [0.29, 0.717) is 0 Å². The van der Waals surface area contributed by atoms with E-state index < -0.39 is 0 Å². The molecule has 0 N–H and O–H groups in total. The lowest BCUT2D eigenvalue weighted by atomic mass is 10.1. The van der Waals surface area contributed by atoms with Gasteiger partial charge in [-0.05, 0) is 24.3 Å². The molecule has 2 aromatic heterocycles. The van der Waals surface area contributed by atoms with Gasteiger partial charge >= 0.3 is 0 Å². The van der Waals surface area contributed by atoms with Gasteiger partial charge in [-0.1, -0.05) is 66.7 Å². The Balaban J connectivity index is 1.73. The highest BCUT2D eigenvalue weighted by Gasteiger charge is 2.12. The summed E-state index contributed by atoms with van der Waals surface area (Å²) < 4.78 is 2.17. The van der Waals surface area contributed by atoms with Crippen molar-refractivity contribution >= 4 is 21.8 Å². The van der Waals surface area contributed by atoms with Gasteiger partial charge in [0.15, 0.2) is 5.82 Å². The fraction of sp³-hybridized carbons (Fsp3) is 0. The molecule has 0 atom stereocenters. The van der Waals surface area contributed by atoms with E-state index in [2.05, 4.69) is 63.3 Å². The maximum Gasteiger partial charge on any atom is 0.160 e. The van der Waals surface area contributed by atoms with Crippen LogP contribution in [-0.2, 0) is 0 Å². The maximum absolute atomic E-state index is 4.51. The molecule has 5 rings (SSSR count). The summed E-state index contributed by atoms with van der Waals surface area (Å²) in [5.74, 6) is 0.831. The van der Waals surface area contributed by atoms with Gasteiger partial charge in [-0.15, -0.1) is 10.2 Å². The second-order valence-corrected chi connectivity index (χ2v) is 6.01. The molecule has 3 heteroatoms. The molecule has 0 aliphatic carbocycles. The van der Waals surface area contributed by atoms with Gasteiger partial charge in [0, 0.05) is 16.3 Å². The fourth-order valence-corrected chi connectivity index (χ4v) is 3.38. The Morgan fingerprint density at radius 3 is 1.72 bits per heavy atom. The summed E-state index contributed by atoms with van der Waals surface area (Å²) in [6, 6.07) is 31.0. The SMILES string of the molecule is c1ccc(-c2ccc(-n3c4ccccc4c4ccccc43)nn2)cc1. The topological polar surface area (TPSA) is 30.7 Å². The second kappa shape index (κ2) is 5.56. The minimum Gasteiger partial charge on any atom is -0.292 e. The van der Waals surface area contributed by atoms with E-state index in [9.17, 15) is 0 Å². The van der Waals surface area contributed by atoms with Crippen molar-refractivity contribution in [3.05, 3.63) is 91.0 Å². The monoisotopic (exact) mass is 321 g/mol. The van der Waals surface area contributed by atoms with Crippen LogP contribution in [0.5, 0.6) is 0 Å². The molecule has 3 nitrogen and oxygen atoms in total. The van der Waals surface area contributed by atoms with Crippen molar-refractivity contribution in [3.8, 4) is 17.1 Å². The Bertz CT molecular complexity index is 1120. The first-order valence-corrected chi connectivity index (χ1v) is 8.29.